The number of rotatable bonds is 2. The van der Waals surface area contributed by atoms with E-state index in [4.69, 9.17) is 5.11 Å². The van der Waals surface area contributed by atoms with Gasteiger partial charge in [-0.1, -0.05) is 0 Å². The summed E-state index contributed by atoms with van der Waals surface area (Å²) in [6.45, 7) is 0.881. The molecule has 3 aliphatic rings. The molecule has 2 amide bonds. The predicted molar refractivity (Wildman–Crippen MR) is 73.3 cm³/mol. The fourth-order valence-electron chi connectivity index (χ4n) is 3.39. The second-order valence-corrected chi connectivity index (χ2v) is 7.17. The molecule has 0 aromatic rings. The highest BCUT2D eigenvalue weighted by Crippen LogP contribution is 2.37. The monoisotopic (exact) mass is 284 g/mol. The first-order valence-corrected chi connectivity index (χ1v) is 8.10. The summed E-state index contributed by atoms with van der Waals surface area (Å²) in [5, 5.41) is 12.7. The van der Waals surface area contributed by atoms with Gasteiger partial charge in [-0.15, -0.1) is 0 Å². The molecule has 19 heavy (non-hydrogen) atoms. The van der Waals surface area contributed by atoms with E-state index >= 15 is 0 Å². The Kier molecular flexibility index (Phi) is 3.60. The van der Waals surface area contributed by atoms with Crippen molar-refractivity contribution >= 4 is 23.8 Å². The van der Waals surface area contributed by atoms with E-state index in [0.717, 1.165) is 31.6 Å². The van der Waals surface area contributed by atoms with E-state index in [1.165, 1.54) is 0 Å². The molecule has 5 nitrogen and oxygen atoms in total. The summed E-state index contributed by atoms with van der Waals surface area (Å²) < 4.78 is 0. The second-order valence-electron chi connectivity index (χ2n) is 5.83. The molecule has 2 aliphatic heterocycles. The number of hydrogen-bond acceptors (Lipinski definition) is 3. The number of carboxylic acids is 1. The molecule has 0 aromatic heterocycles. The Balaban J connectivity index is 1.47. The Morgan fingerprint density at radius 1 is 1.21 bits per heavy atom. The lowest BCUT2D eigenvalue weighted by Crippen LogP contribution is -2.49. The van der Waals surface area contributed by atoms with E-state index in [1.54, 1.807) is 0 Å². The summed E-state index contributed by atoms with van der Waals surface area (Å²) in [5.74, 6) is 0.162. The fourth-order valence-corrected chi connectivity index (χ4v) is 4.83. The molecule has 1 saturated carbocycles. The highest BCUT2D eigenvalue weighted by Gasteiger charge is 2.41. The Bertz CT molecular complexity index is 382. The van der Waals surface area contributed by atoms with Crippen LogP contribution in [-0.2, 0) is 4.79 Å². The smallest absolute Gasteiger partial charge is 0.317 e. The Hall–Kier alpha value is -0.910. The van der Waals surface area contributed by atoms with Gasteiger partial charge in [0.05, 0.1) is 5.92 Å². The van der Waals surface area contributed by atoms with Crippen LogP contribution in [-0.4, -0.2) is 51.6 Å². The van der Waals surface area contributed by atoms with Gasteiger partial charge in [-0.25, -0.2) is 4.79 Å². The fraction of sp³-hybridized carbons (Fsp3) is 0.846. The van der Waals surface area contributed by atoms with Gasteiger partial charge in [0, 0.05) is 29.6 Å². The van der Waals surface area contributed by atoms with Gasteiger partial charge in [-0.05, 0) is 32.1 Å². The minimum absolute atomic E-state index is 0.0616. The van der Waals surface area contributed by atoms with E-state index in [-0.39, 0.29) is 18.0 Å². The van der Waals surface area contributed by atoms with Crippen molar-refractivity contribution in [3.8, 4) is 0 Å². The zero-order valence-corrected chi connectivity index (χ0v) is 11.7. The van der Waals surface area contributed by atoms with Gasteiger partial charge in [-0.3, -0.25) is 4.79 Å². The van der Waals surface area contributed by atoms with Crippen LogP contribution in [0.2, 0.25) is 0 Å². The van der Waals surface area contributed by atoms with Gasteiger partial charge < -0.3 is 15.3 Å². The van der Waals surface area contributed by atoms with Gasteiger partial charge in [0.15, 0.2) is 0 Å². The minimum atomic E-state index is -0.696. The zero-order chi connectivity index (χ0) is 13.4. The first-order chi connectivity index (χ1) is 9.13. The van der Waals surface area contributed by atoms with Crippen LogP contribution in [0.15, 0.2) is 0 Å². The van der Waals surface area contributed by atoms with Crippen molar-refractivity contribution in [3.05, 3.63) is 0 Å². The quantitative estimate of drug-likeness (QED) is 0.807. The number of nitrogens with one attached hydrogen (secondary N) is 1. The summed E-state index contributed by atoms with van der Waals surface area (Å²) in [4.78, 5) is 25.1. The van der Waals surface area contributed by atoms with Crippen LogP contribution in [0.4, 0.5) is 4.79 Å². The van der Waals surface area contributed by atoms with Crippen molar-refractivity contribution < 1.29 is 14.7 Å². The molecule has 1 aliphatic carbocycles. The third-order valence-corrected chi connectivity index (χ3v) is 5.96. The van der Waals surface area contributed by atoms with Crippen molar-refractivity contribution in [1.29, 1.82) is 0 Å². The molecule has 0 radical (unpaired) electrons. The maximum Gasteiger partial charge on any atom is 0.317 e. The predicted octanol–water partition coefficient (Wildman–Crippen LogP) is 1.53. The zero-order valence-electron chi connectivity index (χ0n) is 10.9. The molecule has 0 unspecified atom stereocenters. The molecule has 2 bridgehead atoms. The van der Waals surface area contributed by atoms with Crippen molar-refractivity contribution in [3.63, 3.8) is 0 Å². The van der Waals surface area contributed by atoms with Crippen molar-refractivity contribution in [2.24, 2.45) is 5.92 Å². The van der Waals surface area contributed by atoms with Gasteiger partial charge in [0.1, 0.15) is 0 Å². The number of likely N-dealkylation sites (tertiary alicyclic amines) is 1. The number of amides is 2. The van der Waals surface area contributed by atoms with Gasteiger partial charge >= 0.3 is 12.0 Å². The molecule has 0 aromatic carbocycles. The van der Waals surface area contributed by atoms with Crippen LogP contribution in [0.5, 0.6) is 0 Å². The summed E-state index contributed by atoms with van der Waals surface area (Å²) in [5.41, 5.74) is 0. The maximum absolute atomic E-state index is 12.2. The van der Waals surface area contributed by atoms with Crippen LogP contribution in [0, 0.1) is 5.92 Å². The summed E-state index contributed by atoms with van der Waals surface area (Å²) in [7, 11) is 0. The number of aliphatic carboxylic acids is 1. The Morgan fingerprint density at radius 3 is 2.47 bits per heavy atom. The van der Waals surface area contributed by atoms with Gasteiger partial charge in [0.2, 0.25) is 0 Å². The molecule has 2 saturated heterocycles. The van der Waals surface area contributed by atoms with E-state index in [9.17, 15) is 9.59 Å². The average Bonchev–Trinajstić information content (AvgIpc) is 3.01. The van der Waals surface area contributed by atoms with Gasteiger partial charge in [0.25, 0.3) is 0 Å². The standard InChI is InChI=1S/C13H20N2O3S/c16-12(17)8-1-3-9(4-2-8)14-13(18)15-6-11-5-10(15)7-19-11/h8-11H,1-7H2,(H,14,18)(H,16,17)/t8?,9?,10-,11-/m0/s1. The number of thioether (sulfide) groups is 1. The lowest BCUT2D eigenvalue weighted by molar-refractivity contribution is -0.142. The molecule has 2 heterocycles. The summed E-state index contributed by atoms with van der Waals surface area (Å²) >= 11 is 1.98. The molecular formula is C13H20N2O3S. The van der Waals surface area contributed by atoms with E-state index in [0.29, 0.717) is 24.1 Å². The largest absolute Gasteiger partial charge is 0.481 e. The number of carboxylic acid groups (broad SMARTS) is 1. The third-order valence-electron chi connectivity index (χ3n) is 4.57. The highest BCUT2D eigenvalue weighted by atomic mass is 32.2. The van der Waals surface area contributed by atoms with Crippen LogP contribution in [0.25, 0.3) is 0 Å². The summed E-state index contributed by atoms with van der Waals surface area (Å²) in [6, 6.07) is 0.645. The molecule has 3 rings (SSSR count). The Morgan fingerprint density at radius 2 is 1.95 bits per heavy atom. The first kappa shape index (κ1) is 13.1. The lowest BCUT2D eigenvalue weighted by atomic mass is 9.86. The Labute approximate surface area is 117 Å². The molecule has 3 fully saturated rings. The normalized spacial score (nSPS) is 37.4. The minimum Gasteiger partial charge on any atom is -0.481 e. The molecular weight excluding hydrogens is 264 g/mol. The average molecular weight is 284 g/mol. The van der Waals surface area contributed by atoms with Gasteiger partial charge in [-0.2, -0.15) is 11.8 Å². The van der Waals surface area contributed by atoms with E-state index < -0.39 is 5.97 Å². The number of urea groups is 1. The van der Waals surface area contributed by atoms with Crippen LogP contribution < -0.4 is 5.32 Å². The third kappa shape index (κ3) is 2.68. The topological polar surface area (TPSA) is 69.6 Å². The van der Waals surface area contributed by atoms with E-state index in [2.05, 4.69) is 5.32 Å². The number of fused-ring (bicyclic) bond motifs is 2. The molecule has 6 heteroatoms. The second kappa shape index (κ2) is 5.23. The number of hydrogen-bond donors (Lipinski definition) is 2. The number of carbonyl (C=O) groups excluding carboxylic acids is 1. The van der Waals surface area contributed by atoms with Crippen LogP contribution in [0.1, 0.15) is 32.1 Å². The van der Waals surface area contributed by atoms with E-state index in [1.807, 2.05) is 16.7 Å². The van der Waals surface area contributed by atoms with Crippen molar-refractivity contribution in [2.75, 3.05) is 12.3 Å². The van der Waals surface area contributed by atoms with Crippen LogP contribution in [0.3, 0.4) is 0 Å². The first-order valence-electron chi connectivity index (χ1n) is 7.05. The molecule has 0 spiro atoms. The summed E-state index contributed by atoms with van der Waals surface area (Å²) in [6.07, 6.45) is 4.09. The molecule has 2 atom stereocenters. The number of carbonyl (C=O) groups is 2. The number of nitrogens with zero attached hydrogens (tertiary/aromatic N) is 1. The molecule has 106 valence electrons. The highest BCUT2D eigenvalue weighted by molar-refractivity contribution is 8.00. The SMILES string of the molecule is O=C(O)C1CCC(NC(=O)N2C[C@@H]3C[C@H]2CS3)CC1. The maximum atomic E-state index is 12.2. The van der Waals surface area contributed by atoms with Crippen molar-refractivity contribution in [1.82, 2.24) is 10.2 Å². The van der Waals surface area contributed by atoms with Crippen molar-refractivity contribution in [2.45, 2.75) is 49.4 Å². The molecule has 2 N–H and O–H groups in total. The van der Waals surface area contributed by atoms with Crippen LogP contribution >= 0.6 is 11.8 Å². The lowest BCUT2D eigenvalue weighted by Gasteiger charge is -2.31.